The molecule has 1 aliphatic heterocycles. The van der Waals surface area contributed by atoms with E-state index < -0.39 is 0 Å². The Balaban J connectivity index is 1.39. The highest BCUT2D eigenvalue weighted by molar-refractivity contribution is 6.04. The number of aromatic nitrogens is 4. The van der Waals surface area contributed by atoms with Gasteiger partial charge in [0.15, 0.2) is 0 Å². The number of aromatic amines is 1. The molecule has 7 heteroatoms. The van der Waals surface area contributed by atoms with E-state index in [1.165, 1.54) is 12.1 Å². The molecule has 0 bridgehead atoms. The molecule has 1 aliphatic rings. The van der Waals surface area contributed by atoms with Crippen molar-refractivity contribution in [2.24, 2.45) is 0 Å². The van der Waals surface area contributed by atoms with Crippen molar-refractivity contribution in [2.75, 3.05) is 18.9 Å². The Morgan fingerprint density at radius 2 is 2.18 bits per heavy atom. The minimum Gasteiger partial charge on any atom is -0.357 e. The summed E-state index contributed by atoms with van der Waals surface area (Å²) in [6, 6.07) is 8.20. The second kappa shape index (κ2) is 6.45. The molecule has 142 valence electrons. The number of hydrogen-bond acceptors (Lipinski definition) is 4. The summed E-state index contributed by atoms with van der Waals surface area (Å²) in [5.74, 6) is 0.343. The Morgan fingerprint density at radius 1 is 1.29 bits per heavy atom. The molecule has 0 aromatic carbocycles. The number of fused-ring (bicyclic) bond motifs is 2. The number of hydrogen-bond donors (Lipinski definition) is 2. The minimum absolute atomic E-state index is 0.192. The molecule has 5 rings (SSSR count). The van der Waals surface area contributed by atoms with Crippen molar-refractivity contribution in [2.45, 2.75) is 25.8 Å². The lowest BCUT2D eigenvalue weighted by atomic mass is 10.1. The fourth-order valence-electron chi connectivity index (χ4n) is 4.06. The van der Waals surface area contributed by atoms with Gasteiger partial charge in [-0.2, -0.15) is 0 Å². The molecular weight excluding hydrogens is 352 g/mol. The lowest BCUT2D eigenvalue weighted by molar-refractivity contribution is 0.102. The molecular formula is C21H22N6O. The van der Waals surface area contributed by atoms with Crippen LogP contribution in [-0.4, -0.2) is 43.8 Å². The zero-order chi connectivity index (χ0) is 19.3. The summed E-state index contributed by atoms with van der Waals surface area (Å²) in [5, 5.41) is 3.95. The molecule has 1 atom stereocenters. The average molecular weight is 374 g/mol. The van der Waals surface area contributed by atoms with Crippen LogP contribution in [0.3, 0.4) is 0 Å². The van der Waals surface area contributed by atoms with Crippen LogP contribution in [0, 0.1) is 6.92 Å². The van der Waals surface area contributed by atoms with Crippen molar-refractivity contribution in [3.8, 4) is 0 Å². The van der Waals surface area contributed by atoms with E-state index in [4.69, 9.17) is 0 Å². The van der Waals surface area contributed by atoms with Gasteiger partial charge >= 0.3 is 0 Å². The lowest BCUT2D eigenvalue weighted by Gasteiger charge is -2.17. The molecule has 4 aromatic rings. The first-order valence-electron chi connectivity index (χ1n) is 9.52. The van der Waals surface area contributed by atoms with Gasteiger partial charge in [-0.15, -0.1) is 0 Å². The monoisotopic (exact) mass is 374 g/mol. The number of nitrogens with zero attached hydrogens (tertiary/aromatic N) is 4. The number of H-pyrrole nitrogens is 1. The second-order valence-electron chi connectivity index (χ2n) is 7.51. The Hall–Kier alpha value is -3.19. The highest BCUT2D eigenvalue weighted by Gasteiger charge is 2.24. The van der Waals surface area contributed by atoms with Gasteiger partial charge in [0, 0.05) is 35.6 Å². The molecule has 1 fully saturated rings. The number of carbonyl (C=O) groups is 1. The summed E-state index contributed by atoms with van der Waals surface area (Å²) in [5.41, 5.74) is 4.69. The third-order valence-electron chi connectivity index (χ3n) is 5.63. The van der Waals surface area contributed by atoms with Crippen molar-refractivity contribution in [3.63, 3.8) is 0 Å². The van der Waals surface area contributed by atoms with E-state index in [2.05, 4.69) is 38.3 Å². The number of carbonyl (C=O) groups excluding carboxylic acids is 1. The molecule has 0 radical (unpaired) electrons. The maximum absolute atomic E-state index is 12.7. The van der Waals surface area contributed by atoms with Gasteiger partial charge < -0.3 is 14.7 Å². The normalized spacial score (nSPS) is 17.6. The maximum Gasteiger partial charge on any atom is 0.258 e. The summed E-state index contributed by atoms with van der Waals surface area (Å²) in [4.78, 5) is 27.2. The second-order valence-corrected chi connectivity index (χ2v) is 7.51. The highest BCUT2D eigenvalue weighted by Crippen LogP contribution is 2.32. The molecule has 5 heterocycles. The van der Waals surface area contributed by atoms with Gasteiger partial charge in [0.05, 0.1) is 28.6 Å². The molecule has 4 aromatic heterocycles. The van der Waals surface area contributed by atoms with Crippen LogP contribution in [-0.2, 0) is 0 Å². The van der Waals surface area contributed by atoms with Crippen LogP contribution in [0.4, 0.5) is 5.82 Å². The highest BCUT2D eigenvalue weighted by atomic mass is 16.1. The number of imidazole rings is 1. The van der Waals surface area contributed by atoms with E-state index in [-0.39, 0.29) is 5.91 Å². The topological polar surface area (TPSA) is 78.3 Å². The van der Waals surface area contributed by atoms with Gasteiger partial charge in [0.1, 0.15) is 5.82 Å². The minimum atomic E-state index is -0.192. The third-order valence-corrected chi connectivity index (χ3v) is 5.63. The zero-order valence-electron chi connectivity index (χ0n) is 15.9. The van der Waals surface area contributed by atoms with E-state index in [0.29, 0.717) is 17.4 Å². The summed E-state index contributed by atoms with van der Waals surface area (Å²) in [6.07, 6.45) is 7.69. The number of anilines is 1. The molecule has 7 nitrogen and oxygen atoms in total. The summed E-state index contributed by atoms with van der Waals surface area (Å²) in [7, 11) is 2.16. The van der Waals surface area contributed by atoms with Gasteiger partial charge in [0.25, 0.3) is 5.91 Å². The lowest BCUT2D eigenvalue weighted by Crippen LogP contribution is -2.17. The fourth-order valence-corrected chi connectivity index (χ4v) is 4.06. The predicted molar refractivity (Wildman–Crippen MR) is 109 cm³/mol. The first-order chi connectivity index (χ1) is 13.6. The molecule has 1 saturated heterocycles. The van der Waals surface area contributed by atoms with Crippen molar-refractivity contribution < 1.29 is 4.79 Å². The quantitative estimate of drug-likeness (QED) is 0.575. The van der Waals surface area contributed by atoms with Crippen LogP contribution < -0.4 is 5.32 Å². The number of aryl methyl sites for hydroxylation is 1. The molecule has 0 saturated carbocycles. The van der Waals surface area contributed by atoms with Gasteiger partial charge in [-0.05, 0) is 51.6 Å². The van der Waals surface area contributed by atoms with Gasteiger partial charge in [0.2, 0.25) is 0 Å². The largest absolute Gasteiger partial charge is 0.357 e. The Morgan fingerprint density at radius 3 is 3.00 bits per heavy atom. The fraction of sp³-hybridized carbons (Fsp3) is 0.286. The van der Waals surface area contributed by atoms with Gasteiger partial charge in [-0.3, -0.25) is 9.69 Å². The van der Waals surface area contributed by atoms with Crippen LogP contribution in [0.5, 0.6) is 0 Å². The van der Waals surface area contributed by atoms with Crippen molar-refractivity contribution in [1.82, 2.24) is 24.3 Å². The third kappa shape index (κ3) is 2.84. The van der Waals surface area contributed by atoms with E-state index in [9.17, 15) is 4.79 Å². The molecule has 2 N–H and O–H groups in total. The van der Waals surface area contributed by atoms with Crippen molar-refractivity contribution in [1.29, 1.82) is 0 Å². The Kier molecular flexibility index (Phi) is 3.91. The number of nitrogens with one attached hydrogen (secondary N) is 2. The van der Waals surface area contributed by atoms with Crippen molar-refractivity contribution >= 4 is 28.1 Å². The Labute approximate surface area is 162 Å². The van der Waals surface area contributed by atoms with Gasteiger partial charge in [-0.1, -0.05) is 0 Å². The first-order valence-corrected chi connectivity index (χ1v) is 9.52. The van der Waals surface area contributed by atoms with E-state index in [0.717, 1.165) is 35.1 Å². The Bertz CT molecular complexity index is 1190. The molecule has 28 heavy (non-hydrogen) atoms. The zero-order valence-corrected chi connectivity index (χ0v) is 15.9. The smallest absolute Gasteiger partial charge is 0.258 e. The van der Waals surface area contributed by atoms with Crippen LogP contribution in [0.2, 0.25) is 0 Å². The molecule has 0 aliphatic carbocycles. The average Bonchev–Trinajstić information content (AvgIpc) is 3.39. The van der Waals surface area contributed by atoms with Crippen LogP contribution in [0.25, 0.3) is 16.4 Å². The summed E-state index contributed by atoms with van der Waals surface area (Å²) < 4.78 is 1.86. The summed E-state index contributed by atoms with van der Waals surface area (Å²) in [6.45, 7) is 3.07. The molecule has 1 amide bonds. The summed E-state index contributed by atoms with van der Waals surface area (Å²) >= 11 is 0. The van der Waals surface area contributed by atoms with Crippen LogP contribution >= 0.6 is 0 Å². The van der Waals surface area contributed by atoms with Crippen LogP contribution in [0.15, 0.2) is 43.0 Å². The number of amides is 1. The number of pyridine rings is 2. The van der Waals surface area contributed by atoms with E-state index >= 15 is 0 Å². The number of rotatable bonds is 3. The van der Waals surface area contributed by atoms with Gasteiger partial charge in [-0.25, -0.2) is 9.97 Å². The van der Waals surface area contributed by atoms with Crippen LogP contribution in [0.1, 0.15) is 40.6 Å². The standard InChI is InChI=1S/C21H22N6O/c1-13-18-6-5-14(11-27(18)12-23-13)21(28)25-20-9-16-15(10-22-20)8-17(24-16)19-4-3-7-26(19)2/h5-6,8-12,19,24H,3-4,7H2,1-2H3,(H,22,25,28)/t19-/m1/s1. The SMILES string of the molecule is Cc1ncn2cc(C(=O)Nc3cc4[nH]c([C@H]5CCCN5C)cc4cn3)ccc12. The molecule has 0 spiro atoms. The maximum atomic E-state index is 12.7. The predicted octanol–water partition coefficient (Wildman–Crippen LogP) is 3.54. The van der Waals surface area contributed by atoms with E-state index in [1.54, 1.807) is 18.6 Å². The molecule has 0 unspecified atom stereocenters. The van der Waals surface area contributed by atoms with Crippen molar-refractivity contribution in [3.05, 3.63) is 59.9 Å². The number of likely N-dealkylation sites (tertiary alicyclic amines) is 1. The van der Waals surface area contributed by atoms with E-state index in [1.807, 2.05) is 29.7 Å². The first kappa shape index (κ1) is 16.9.